The van der Waals surface area contributed by atoms with Crippen LogP contribution in [0.3, 0.4) is 0 Å². The topological polar surface area (TPSA) is 32.8 Å². The lowest BCUT2D eigenvalue weighted by Crippen LogP contribution is -2.15. The molecular formula is C74H60N2O2. The molecule has 4 nitrogen and oxygen atoms in total. The van der Waals surface area contributed by atoms with Crippen LogP contribution in [0.4, 0.5) is 34.1 Å². The predicted octanol–water partition coefficient (Wildman–Crippen LogP) is 21.6. The van der Waals surface area contributed by atoms with Gasteiger partial charge in [-0.1, -0.05) is 189 Å². The third-order valence-corrected chi connectivity index (χ3v) is 17.8. The van der Waals surface area contributed by atoms with Gasteiger partial charge in [-0.05, 0) is 139 Å². The first kappa shape index (κ1) is 46.4. The zero-order valence-electron chi connectivity index (χ0n) is 45.5. The van der Waals surface area contributed by atoms with Crippen molar-refractivity contribution in [2.45, 2.75) is 78.1 Å². The Bertz CT molecular complexity index is 4330. The van der Waals surface area contributed by atoms with Crippen molar-refractivity contribution < 1.29 is 8.83 Å². The number of rotatable bonds is 8. The average molecular weight is 1010 g/mol. The zero-order chi connectivity index (χ0) is 52.9. The molecule has 11 aromatic carbocycles. The molecule has 2 aliphatic rings. The van der Waals surface area contributed by atoms with E-state index in [2.05, 4.69) is 271 Å². The van der Waals surface area contributed by atoms with Crippen LogP contribution in [0.2, 0.25) is 0 Å². The van der Waals surface area contributed by atoms with Gasteiger partial charge in [0, 0.05) is 78.0 Å². The van der Waals surface area contributed by atoms with Crippen LogP contribution in [-0.4, -0.2) is 0 Å². The minimum Gasteiger partial charge on any atom is -0.456 e. The summed E-state index contributed by atoms with van der Waals surface area (Å²) in [5.41, 5.74) is 22.9. The number of anilines is 6. The molecule has 378 valence electrons. The molecule has 15 rings (SSSR count). The standard InChI is InChI=1S/C74H60N2O2/c1-43(2)45-25-29-47(30-26-45)75(49-33-35-63-57(37-49)51-17-13-15-23-61(51)73(63,5)6)65-41-69-71(55-21-11-9-19-53(55)65)59-39-68-60(40-67(59)77-69)72-56-22-12-10-20-54(56)66(42-70(72)78-68)76(48-31-27-46(28-32-48)44(3)4)50-34-36-64-58(38-50)52-18-14-16-24-62(52)74(64,7)8/h9-44H,1-8H3. The largest absolute Gasteiger partial charge is 0.456 e. The summed E-state index contributed by atoms with van der Waals surface area (Å²) in [6.45, 7) is 18.4. The molecule has 78 heavy (non-hydrogen) atoms. The van der Waals surface area contributed by atoms with Crippen LogP contribution in [0.15, 0.2) is 215 Å². The number of nitrogens with zero attached hydrogens (tertiary/aromatic N) is 2. The van der Waals surface area contributed by atoms with E-state index in [1.165, 1.54) is 55.6 Å². The molecule has 0 aliphatic heterocycles. The van der Waals surface area contributed by atoms with Crippen molar-refractivity contribution in [2.75, 3.05) is 9.80 Å². The summed E-state index contributed by atoms with van der Waals surface area (Å²) >= 11 is 0. The van der Waals surface area contributed by atoms with E-state index in [1.54, 1.807) is 0 Å². The molecule has 0 radical (unpaired) electrons. The van der Waals surface area contributed by atoms with Crippen molar-refractivity contribution in [3.05, 3.63) is 240 Å². The van der Waals surface area contributed by atoms with Gasteiger partial charge in [0.1, 0.15) is 22.3 Å². The Morgan fingerprint density at radius 2 is 0.654 bits per heavy atom. The average Bonchev–Trinajstić information content (AvgIpc) is 4.25. The van der Waals surface area contributed by atoms with Crippen LogP contribution in [-0.2, 0) is 10.8 Å². The van der Waals surface area contributed by atoms with Crippen molar-refractivity contribution in [1.82, 2.24) is 0 Å². The summed E-state index contributed by atoms with van der Waals surface area (Å²) in [5.74, 6) is 0.835. The van der Waals surface area contributed by atoms with E-state index in [9.17, 15) is 0 Å². The lowest BCUT2D eigenvalue weighted by atomic mass is 9.82. The van der Waals surface area contributed by atoms with Crippen LogP contribution in [0, 0.1) is 0 Å². The van der Waals surface area contributed by atoms with E-state index >= 15 is 0 Å². The quantitative estimate of drug-likeness (QED) is 0.152. The third-order valence-electron chi connectivity index (χ3n) is 17.8. The summed E-state index contributed by atoms with van der Waals surface area (Å²) in [6.07, 6.45) is 0. The molecule has 0 atom stereocenters. The highest BCUT2D eigenvalue weighted by Gasteiger charge is 2.37. The van der Waals surface area contributed by atoms with Gasteiger partial charge in [-0.3, -0.25) is 0 Å². The monoisotopic (exact) mass is 1010 g/mol. The van der Waals surface area contributed by atoms with Crippen LogP contribution in [0.1, 0.15) is 101 Å². The van der Waals surface area contributed by atoms with Gasteiger partial charge in [-0.2, -0.15) is 0 Å². The number of furan rings is 2. The van der Waals surface area contributed by atoms with E-state index in [0.717, 1.165) is 99.5 Å². The minimum atomic E-state index is -0.0956. The molecule has 0 amide bonds. The van der Waals surface area contributed by atoms with Crippen molar-refractivity contribution in [2.24, 2.45) is 0 Å². The minimum absolute atomic E-state index is 0.0956. The first-order valence-corrected chi connectivity index (χ1v) is 27.8. The van der Waals surface area contributed by atoms with Gasteiger partial charge < -0.3 is 18.6 Å². The predicted molar refractivity (Wildman–Crippen MR) is 329 cm³/mol. The SMILES string of the molecule is CC(C)c1ccc(N(c2ccc3c(c2)-c2ccccc2C3(C)C)c2cc3oc4cc5c(cc4c3c3ccccc23)oc2cc(N(c3ccc(C(C)C)cc3)c3ccc4c(c3)-c3ccccc3C4(C)C)c3ccccc3c25)cc1. The molecule has 0 saturated carbocycles. The lowest BCUT2D eigenvalue weighted by Gasteiger charge is -2.28. The summed E-state index contributed by atoms with van der Waals surface area (Å²) in [6, 6.07) is 76.8. The van der Waals surface area contributed by atoms with Crippen molar-refractivity contribution in [3.63, 3.8) is 0 Å². The fraction of sp³-hybridized carbons (Fsp3) is 0.162. The Morgan fingerprint density at radius 1 is 0.308 bits per heavy atom. The van der Waals surface area contributed by atoms with Crippen LogP contribution in [0.25, 0.3) is 87.7 Å². The van der Waals surface area contributed by atoms with Crippen LogP contribution >= 0.6 is 0 Å². The van der Waals surface area contributed by atoms with E-state index in [1.807, 2.05) is 0 Å². The van der Waals surface area contributed by atoms with E-state index in [4.69, 9.17) is 8.83 Å². The molecule has 0 unspecified atom stereocenters. The number of hydrogen-bond acceptors (Lipinski definition) is 4. The molecule has 2 aliphatic carbocycles. The van der Waals surface area contributed by atoms with Crippen LogP contribution in [0.5, 0.6) is 0 Å². The molecule has 13 aromatic rings. The highest BCUT2D eigenvalue weighted by atomic mass is 16.3. The summed E-state index contributed by atoms with van der Waals surface area (Å²) < 4.78 is 14.3. The van der Waals surface area contributed by atoms with E-state index in [0.29, 0.717) is 11.8 Å². The Kier molecular flexibility index (Phi) is 10.0. The highest BCUT2D eigenvalue weighted by molar-refractivity contribution is 6.28. The first-order chi connectivity index (χ1) is 37.8. The third kappa shape index (κ3) is 6.71. The lowest BCUT2D eigenvalue weighted by molar-refractivity contribution is 0.660. The maximum absolute atomic E-state index is 7.16. The summed E-state index contributed by atoms with van der Waals surface area (Å²) in [5, 5.41) is 8.75. The zero-order valence-corrected chi connectivity index (χ0v) is 45.5. The van der Waals surface area contributed by atoms with Crippen molar-refractivity contribution in [1.29, 1.82) is 0 Å². The Labute approximate surface area is 455 Å². The van der Waals surface area contributed by atoms with Crippen molar-refractivity contribution >= 4 is 99.5 Å². The molecule has 0 spiro atoms. The molecule has 2 aromatic heterocycles. The second-order valence-electron chi connectivity index (χ2n) is 23.6. The van der Waals surface area contributed by atoms with Gasteiger partial charge in [0.15, 0.2) is 0 Å². The Morgan fingerprint density at radius 3 is 1.05 bits per heavy atom. The fourth-order valence-corrected chi connectivity index (χ4v) is 13.7. The van der Waals surface area contributed by atoms with E-state index in [-0.39, 0.29) is 10.8 Å². The van der Waals surface area contributed by atoms with E-state index < -0.39 is 0 Å². The molecule has 0 N–H and O–H groups in total. The number of hydrogen-bond donors (Lipinski definition) is 0. The highest BCUT2D eigenvalue weighted by Crippen LogP contribution is 2.55. The Hall–Kier alpha value is -8.86. The second kappa shape index (κ2) is 16.8. The van der Waals surface area contributed by atoms with Gasteiger partial charge in [0.2, 0.25) is 0 Å². The molecule has 0 saturated heterocycles. The molecule has 2 heterocycles. The molecule has 0 fully saturated rings. The first-order valence-electron chi connectivity index (χ1n) is 27.8. The number of benzene rings is 11. The molecule has 4 heteroatoms. The number of fused-ring (bicyclic) bond motifs is 16. The Balaban J connectivity index is 0.924. The smallest absolute Gasteiger partial charge is 0.138 e. The fourth-order valence-electron chi connectivity index (χ4n) is 13.7. The van der Waals surface area contributed by atoms with Crippen LogP contribution < -0.4 is 9.80 Å². The van der Waals surface area contributed by atoms with Gasteiger partial charge >= 0.3 is 0 Å². The van der Waals surface area contributed by atoms with Gasteiger partial charge in [-0.25, -0.2) is 0 Å². The summed E-state index contributed by atoms with van der Waals surface area (Å²) in [4.78, 5) is 4.86. The van der Waals surface area contributed by atoms with Gasteiger partial charge in [0.05, 0.1) is 11.4 Å². The summed E-state index contributed by atoms with van der Waals surface area (Å²) in [7, 11) is 0. The maximum atomic E-state index is 7.16. The maximum Gasteiger partial charge on any atom is 0.138 e. The second-order valence-corrected chi connectivity index (χ2v) is 23.6. The molecular weight excluding hydrogens is 949 g/mol. The van der Waals surface area contributed by atoms with Gasteiger partial charge in [-0.15, -0.1) is 0 Å². The molecule has 0 bridgehead atoms. The van der Waals surface area contributed by atoms with Gasteiger partial charge in [0.25, 0.3) is 0 Å². The van der Waals surface area contributed by atoms with Crippen molar-refractivity contribution in [3.8, 4) is 22.3 Å². The normalized spacial score (nSPS) is 14.1.